The fourth-order valence-electron chi connectivity index (χ4n) is 4.49. The molecule has 0 aliphatic carbocycles. The molecule has 0 unspecified atom stereocenters. The number of carbonyl (C=O) groups is 1. The predicted octanol–water partition coefficient (Wildman–Crippen LogP) is 5.48. The number of aromatic amines is 1. The summed E-state index contributed by atoms with van der Waals surface area (Å²) in [7, 11) is -2.98. The molecule has 3 aromatic rings. The second-order valence-corrected chi connectivity index (χ2v) is 12.5. The van der Waals surface area contributed by atoms with Crippen molar-refractivity contribution in [2.45, 2.75) is 30.8 Å². The highest BCUT2D eigenvalue weighted by atomic mass is 35.5. The van der Waals surface area contributed by atoms with Gasteiger partial charge in [0, 0.05) is 55.5 Å². The Bertz CT molecular complexity index is 1340. The van der Waals surface area contributed by atoms with E-state index in [0.717, 1.165) is 38.2 Å². The smallest absolute Gasteiger partial charge is 0.255 e. The van der Waals surface area contributed by atoms with Crippen molar-refractivity contribution in [1.82, 2.24) is 15.2 Å². The Morgan fingerprint density at radius 2 is 1.89 bits per heavy atom. The Hall–Kier alpha value is -2.27. The molecule has 2 aromatic carbocycles. The molecule has 37 heavy (non-hydrogen) atoms. The van der Waals surface area contributed by atoms with Crippen LogP contribution in [0.3, 0.4) is 0 Å². The Balaban J connectivity index is 1.29. The number of likely N-dealkylation sites (tertiary alicyclic amines) is 1. The van der Waals surface area contributed by atoms with Crippen molar-refractivity contribution < 1.29 is 18.6 Å². The zero-order valence-electron chi connectivity index (χ0n) is 20.7. The molecular formula is C26H31Cl2N3O5S. The third-order valence-electron chi connectivity index (χ3n) is 6.47. The number of rotatable bonds is 8. The summed E-state index contributed by atoms with van der Waals surface area (Å²) in [6.45, 7) is 5.19. The molecule has 4 N–H and O–H groups in total. The summed E-state index contributed by atoms with van der Waals surface area (Å²) in [6, 6.07) is 9.84. The van der Waals surface area contributed by atoms with Gasteiger partial charge in [0.05, 0.1) is 20.5 Å². The van der Waals surface area contributed by atoms with Crippen molar-refractivity contribution in [2.24, 2.45) is 5.92 Å². The van der Waals surface area contributed by atoms with Crippen LogP contribution in [0.4, 0.5) is 0 Å². The number of H-pyrrole nitrogens is 1. The fourth-order valence-corrected chi connectivity index (χ4v) is 5.44. The number of fused-ring (bicyclic) bond motifs is 1. The number of aromatic nitrogens is 1. The molecular weight excluding hydrogens is 537 g/mol. The maximum atomic E-state index is 12.9. The molecule has 1 aliphatic heterocycles. The number of ether oxygens (including phenoxy) is 1. The van der Waals surface area contributed by atoms with Crippen LogP contribution in [0.1, 0.15) is 30.1 Å². The zero-order valence-corrected chi connectivity index (χ0v) is 23.0. The minimum absolute atomic E-state index is 0.119. The van der Waals surface area contributed by atoms with Crippen molar-refractivity contribution in [3.8, 4) is 5.75 Å². The van der Waals surface area contributed by atoms with E-state index in [1.165, 1.54) is 24.6 Å². The summed E-state index contributed by atoms with van der Waals surface area (Å²) in [4.78, 5) is 30.4. The normalized spacial score (nSPS) is 16.5. The molecule has 0 bridgehead atoms. The van der Waals surface area contributed by atoms with Crippen LogP contribution in [0.15, 0.2) is 52.3 Å². The van der Waals surface area contributed by atoms with E-state index >= 15 is 0 Å². The van der Waals surface area contributed by atoms with E-state index in [-0.39, 0.29) is 28.2 Å². The number of piperidine rings is 1. The van der Waals surface area contributed by atoms with E-state index in [0.29, 0.717) is 27.5 Å². The standard InChI is InChI=1S/C26H31Cl2N3O5S/c1-16(15-31-9-7-17(8-10-31)36-18-3-6-23(27)24(28)11-18)13-29-26(33)22-14-30-25(32)21-12-19(37(2,34)35)4-5-20(21)22/h3-6,11-12,14,16-17,34-35H,7-10,13,15H2,1-2H3,(H,29,33)(H,30,32)/t16-/m1/s1. The lowest BCUT2D eigenvalue weighted by Gasteiger charge is -2.33. The lowest BCUT2D eigenvalue weighted by Crippen LogP contribution is -2.42. The van der Waals surface area contributed by atoms with Gasteiger partial charge < -0.3 is 19.9 Å². The first-order chi connectivity index (χ1) is 17.5. The monoisotopic (exact) mass is 567 g/mol. The van der Waals surface area contributed by atoms with Crippen LogP contribution in [-0.2, 0) is 0 Å². The van der Waals surface area contributed by atoms with E-state index in [1.807, 2.05) is 6.07 Å². The minimum Gasteiger partial charge on any atom is -0.490 e. The number of amides is 1. The first kappa shape index (κ1) is 27.8. The number of halogens is 2. The molecule has 1 fully saturated rings. The number of carbonyl (C=O) groups excluding carboxylic acids is 1. The van der Waals surface area contributed by atoms with Gasteiger partial charge in [-0.25, -0.2) is 0 Å². The number of hydrogen-bond donors (Lipinski definition) is 4. The topological polar surface area (TPSA) is 115 Å². The summed E-state index contributed by atoms with van der Waals surface area (Å²) in [6.07, 6.45) is 4.60. The van der Waals surface area contributed by atoms with Gasteiger partial charge in [0.15, 0.2) is 0 Å². The maximum absolute atomic E-state index is 12.9. The third-order valence-corrected chi connectivity index (χ3v) is 8.36. The molecule has 0 spiro atoms. The molecule has 0 saturated carbocycles. The van der Waals surface area contributed by atoms with Gasteiger partial charge in [0.1, 0.15) is 11.9 Å². The summed E-state index contributed by atoms with van der Waals surface area (Å²) >= 11 is 12.1. The van der Waals surface area contributed by atoms with Crippen LogP contribution in [0.5, 0.6) is 5.75 Å². The number of benzene rings is 2. The number of hydrogen-bond acceptors (Lipinski definition) is 6. The molecule has 1 atom stereocenters. The Morgan fingerprint density at radius 1 is 1.16 bits per heavy atom. The molecule has 4 rings (SSSR count). The summed E-state index contributed by atoms with van der Waals surface area (Å²) in [5.74, 6) is 0.640. The summed E-state index contributed by atoms with van der Waals surface area (Å²) in [5.41, 5.74) is -0.0573. The van der Waals surface area contributed by atoms with Crippen LogP contribution in [0, 0.1) is 5.92 Å². The van der Waals surface area contributed by atoms with Crippen molar-refractivity contribution in [1.29, 1.82) is 0 Å². The van der Waals surface area contributed by atoms with E-state index in [2.05, 4.69) is 22.1 Å². The SMILES string of the molecule is C[C@H](CNC(=O)c1c[nH]c(=O)c2cc(S(C)(O)O)ccc12)CN1CCC(Oc2ccc(Cl)c(Cl)c2)CC1. The van der Waals surface area contributed by atoms with E-state index in [1.54, 1.807) is 18.2 Å². The molecule has 1 saturated heterocycles. The van der Waals surface area contributed by atoms with Crippen LogP contribution in [0.2, 0.25) is 10.0 Å². The molecule has 1 aliphatic rings. The largest absolute Gasteiger partial charge is 0.490 e. The Kier molecular flexibility index (Phi) is 8.73. The first-order valence-electron chi connectivity index (χ1n) is 12.0. The average molecular weight is 569 g/mol. The van der Waals surface area contributed by atoms with Crippen molar-refractivity contribution >= 4 is 50.5 Å². The summed E-state index contributed by atoms with van der Waals surface area (Å²) < 4.78 is 25.9. The Morgan fingerprint density at radius 3 is 2.57 bits per heavy atom. The molecule has 0 radical (unpaired) electrons. The van der Waals surface area contributed by atoms with Crippen LogP contribution in [0.25, 0.3) is 10.8 Å². The van der Waals surface area contributed by atoms with Gasteiger partial charge in [0.2, 0.25) is 0 Å². The van der Waals surface area contributed by atoms with E-state index < -0.39 is 16.1 Å². The first-order valence-corrected chi connectivity index (χ1v) is 14.7. The molecule has 8 nitrogen and oxygen atoms in total. The molecule has 1 aromatic heterocycles. The van der Waals surface area contributed by atoms with Crippen LogP contribution >= 0.6 is 33.8 Å². The number of nitrogens with zero attached hydrogens (tertiary/aromatic N) is 1. The van der Waals surface area contributed by atoms with Gasteiger partial charge in [0.25, 0.3) is 11.5 Å². The van der Waals surface area contributed by atoms with E-state index in [4.69, 9.17) is 27.9 Å². The molecule has 2 heterocycles. The third kappa shape index (κ3) is 6.98. The highest BCUT2D eigenvalue weighted by molar-refractivity contribution is 8.23. The predicted molar refractivity (Wildman–Crippen MR) is 150 cm³/mol. The van der Waals surface area contributed by atoms with E-state index in [9.17, 15) is 18.7 Å². The Labute approximate surface area is 227 Å². The van der Waals surface area contributed by atoms with Crippen molar-refractivity contribution in [3.05, 3.63) is 68.6 Å². The highest BCUT2D eigenvalue weighted by Crippen LogP contribution is 2.44. The van der Waals surface area contributed by atoms with Gasteiger partial charge in [-0.1, -0.05) is 36.2 Å². The van der Waals surface area contributed by atoms with Crippen molar-refractivity contribution in [2.75, 3.05) is 32.4 Å². The van der Waals surface area contributed by atoms with Gasteiger partial charge >= 0.3 is 0 Å². The van der Waals surface area contributed by atoms with Gasteiger partial charge in [-0.3, -0.25) is 18.7 Å². The van der Waals surface area contributed by atoms with Crippen molar-refractivity contribution in [3.63, 3.8) is 0 Å². The summed E-state index contributed by atoms with van der Waals surface area (Å²) in [5, 5.41) is 4.65. The highest BCUT2D eigenvalue weighted by Gasteiger charge is 2.23. The fraction of sp³-hybridized carbons (Fsp3) is 0.385. The van der Waals surface area contributed by atoms with Gasteiger partial charge in [-0.15, -0.1) is 0 Å². The second-order valence-electron chi connectivity index (χ2n) is 9.58. The van der Waals surface area contributed by atoms with Gasteiger partial charge in [-0.2, -0.15) is 10.6 Å². The number of nitrogens with one attached hydrogen (secondary N) is 2. The quantitative estimate of drug-likeness (QED) is 0.286. The molecule has 200 valence electrons. The average Bonchev–Trinajstić information content (AvgIpc) is 2.85. The maximum Gasteiger partial charge on any atom is 0.255 e. The second kappa shape index (κ2) is 11.6. The lowest BCUT2D eigenvalue weighted by atomic mass is 10.0. The minimum atomic E-state index is -2.98. The van der Waals surface area contributed by atoms with Gasteiger partial charge in [-0.05, 0) is 43.0 Å². The molecule has 1 amide bonds. The van der Waals surface area contributed by atoms with Crippen LogP contribution in [-0.4, -0.2) is 63.4 Å². The zero-order chi connectivity index (χ0) is 26.7. The number of pyridine rings is 1. The molecule has 11 heteroatoms. The van der Waals surface area contributed by atoms with Crippen LogP contribution < -0.4 is 15.6 Å². The lowest BCUT2D eigenvalue weighted by molar-refractivity contribution is 0.0886.